The van der Waals surface area contributed by atoms with Gasteiger partial charge >= 0.3 is 0 Å². The number of piperidine rings is 1. The van der Waals surface area contributed by atoms with E-state index in [1.807, 2.05) is 4.90 Å². The minimum atomic E-state index is -0.839. The van der Waals surface area contributed by atoms with Crippen LogP contribution >= 0.6 is 11.6 Å². The molecule has 26 heavy (non-hydrogen) atoms. The smallest absolute Gasteiger partial charge is 0.267 e. The summed E-state index contributed by atoms with van der Waals surface area (Å²) < 4.78 is 0. The molecule has 10 heteroatoms. The van der Waals surface area contributed by atoms with Crippen molar-refractivity contribution in [1.29, 1.82) is 5.41 Å². The Morgan fingerprint density at radius 1 is 1.46 bits per heavy atom. The van der Waals surface area contributed by atoms with E-state index in [0.29, 0.717) is 31.7 Å². The van der Waals surface area contributed by atoms with Gasteiger partial charge in [-0.1, -0.05) is 11.6 Å². The molecule has 0 amide bonds. The highest BCUT2D eigenvalue weighted by Crippen LogP contribution is 2.25. The van der Waals surface area contributed by atoms with Gasteiger partial charge in [0.1, 0.15) is 16.5 Å². The van der Waals surface area contributed by atoms with Crippen molar-refractivity contribution in [1.82, 2.24) is 15.0 Å². The zero-order valence-electron chi connectivity index (χ0n) is 14.0. The molecule has 1 aliphatic rings. The number of halogens is 1. The molecule has 1 aliphatic heterocycles. The molecule has 9 nitrogen and oxygen atoms in total. The fourth-order valence-corrected chi connectivity index (χ4v) is 3.09. The van der Waals surface area contributed by atoms with Gasteiger partial charge in [0.15, 0.2) is 5.82 Å². The molecule has 0 unspecified atom stereocenters. The summed E-state index contributed by atoms with van der Waals surface area (Å²) in [6.07, 6.45) is 3.99. The van der Waals surface area contributed by atoms with Crippen LogP contribution in [-0.4, -0.2) is 51.0 Å². The average molecular weight is 378 g/mol. The zero-order valence-corrected chi connectivity index (χ0v) is 14.8. The number of nitrogens with one attached hydrogen (secondary N) is 2. The third kappa shape index (κ3) is 3.41. The minimum absolute atomic E-state index is 0.0727. The van der Waals surface area contributed by atoms with Gasteiger partial charge in [-0.15, -0.1) is 0 Å². The second-order valence-corrected chi connectivity index (χ2v) is 6.66. The van der Waals surface area contributed by atoms with Crippen LogP contribution in [0.4, 0.5) is 11.6 Å². The highest BCUT2D eigenvalue weighted by Gasteiger charge is 2.31. The van der Waals surface area contributed by atoms with Crippen LogP contribution in [0.2, 0.25) is 5.02 Å². The summed E-state index contributed by atoms with van der Waals surface area (Å²) in [4.78, 5) is 24.6. The predicted molar refractivity (Wildman–Crippen MR) is 99.9 cm³/mol. The number of aromatic amines is 1. The Morgan fingerprint density at radius 3 is 2.77 bits per heavy atom. The summed E-state index contributed by atoms with van der Waals surface area (Å²) >= 11 is 5.97. The van der Waals surface area contributed by atoms with Crippen molar-refractivity contribution in [3.8, 4) is 0 Å². The van der Waals surface area contributed by atoms with E-state index in [2.05, 4.69) is 15.0 Å². The Hall–Kier alpha value is -2.49. The lowest BCUT2D eigenvalue weighted by atomic mass is 9.92. The molecule has 0 spiro atoms. The van der Waals surface area contributed by atoms with E-state index in [1.165, 1.54) is 18.5 Å². The van der Waals surface area contributed by atoms with Gasteiger partial charge in [0.05, 0.1) is 17.5 Å². The first-order chi connectivity index (χ1) is 12.3. The molecular weight excluding hydrogens is 358 g/mol. The number of pyridine rings is 1. The second-order valence-electron chi connectivity index (χ2n) is 6.29. The zero-order chi connectivity index (χ0) is 18.9. The first-order valence-electron chi connectivity index (χ1n) is 8.11. The lowest BCUT2D eigenvalue weighted by Crippen LogP contribution is -2.49. The van der Waals surface area contributed by atoms with Crippen LogP contribution in [0.5, 0.6) is 0 Å². The summed E-state index contributed by atoms with van der Waals surface area (Å²) in [6.45, 7) is 1.39. The van der Waals surface area contributed by atoms with Gasteiger partial charge in [-0.3, -0.25) is 10.2 Å². The molecule has 2 aromatic heterocycles. The highest BCUT2D eigenvalue weighted by atomic mass is 35.5. The molecule has 3 rings (SSSR count). The van der Waals surface area contributed by atoms with Crippen LogP contribution in [0, 0.1) is 5.41 Å². The summed E-state index contributed by atoms with van der Waals surface area (Å²) in [5.41, 5.74) is 10.6. The Bertz CT molecular complexity index is 890. The van der Waals surface area contributed by atoms with Gasteiger partial charge < -0.3 is 26.5 Å². The summed E-state index contributed by atoms with van der Waals surface area (Å²) in [6, 6.07) is 1.51. The van der Waals surface area contributed by atoms with E-state index in [4.69, 9.17) is 28.5 Å². The Balaban J connectivity index is 1.83. The maximum atomic E-state index is 11.6. The van der Waals surface area contributed by atoms with Crippen molar-refractivity contribution in [3.05, 3.63) is 45.1 Å². The molecule has 1 saturated heterocycles. The maximum absolute atomic E-state index is 11.6. The third-order valence-corrected chi connectivity index (χ3v) is 4.97. The Labute approximate surface area is 154 Å². The van der Waals surface area contributed by atoms with E-state index in [1.54, 1.807) is 0 Å². The minimum Gasteiger partial charge on any atom is -0.388 e. The molecule has 0 aromatic carbocycles. The van der Waals surface area contributed by atoms with Gasteiger partial charge in [0.2, 0.25) is 0 Å². The number of H-pyrrole nitrogens is 1. The molecule has 2 aromatic rings. The van der Waals surface area contributed by atoms with Crippen LogP contribution in [-0.2, 0) is 0 Å². The molecule has 3 heterocycles. The monoisotopic (exact) mass is 377 g/mol. The number of nitrogen functional groups attached to an aromatic ring is 1. The SMILES string of the molecule is N=C(c1cc[nH]c(=O)c1Cl)c1ncc(N2CCC(O)(CN)CC2)nc1N. The number of anilines is 2. The van der Waals surface area contributed by atoms with Crippen molar-refractivity contribution in [2.24, 2.45) is 5.73 Å². The number of nitrogens with zero attached hydrogens (tertiary/aromatic N) is 3. The summed E-state index contributed by atoms with van der Waals surface area (Å²) in [5, 5.41) is 18.4. The molecule has 0 atom stereocenters. The number of nitrogens with two attached hydrogens (primary N) is 2. The third-order valence-electron chi connectivity index (χ3n) is 4.59. The van der Waals surface area contributed by atoms with Crippen LogP contribution in [0.25, 0.3) is 0 Å². The van der Waals surface area contributed by atoms with Gasteiger partial charge in [-0.05, 0) is 18.9 Å². The van der Waals surface area contributed by atoms with Crippen LogP contribution in [0.15, 0.2) is 23.3 Å². The first-order valence-corrected chi connectivity index (χ1v) is 8.49. The number of aromatic nitrogens is 3. The van der Waals surface area contributed by atoms with Crippen molar-refractivity contribution < 1.29 is 5.11 Å². The van der Waals surface area contributed by atoms with Crippen molar-refractivity contribution >= 4 is 28.9 Å². The van der Waals surface area contributed by atoms with E-state index >= 15 is 0 Å². The fraction of sp³-hybridized carbons (Fsp3) is 0.375. The largest absolute Gasteiger partial charge is 0.388 e. The summed E-state index contributed by atoms with van der Waals surface area (Å²) in [5.74, 6) is 0.638. The molecule has 0 saturated carbocycles. The molecule has 0 aliphatic carbocycles. The van der Waals surface area contributed by atoms with E-state index in [9.17, 15) is 9.90 Å². The Kier molecular flexibility index (Phi) is 4.94. The maximum Gasteiger partial charge on any atom is 0.267 e. The molecule has 7 N–H and O–H groups in total. The molecule has 0 radical (unpaired) electrons. The topological polar surface area (TPSA) is 158 Å². The van der Waals surface area contributed by atoms with Gasteiger partial charge in [0, 0.05) is 31.4 Å². The van der Waals surface area contributed by atoms with Crippen LogP contribution in [0.1, 0.15) is 24.1 Å². The quantitative estimate of drug-likeness (QED) is 0.473. The second kappa shape index (κ2) is 7.02. The summed E-state index contributed by atoms with van der Waals surface area (Å²) in [7, 11) is 0. The van der Waals surface area contributed by atoms with Gasteiger partial charge in [-0.2, -0.15) is 0 Å². The van der Waals surface area contributed by atoms with E-state index in [0.717, 1.165) is 0 Å². The Morgan fingerprint density at radius 2 is 2.15 bits per heavy atom. The van der Waals surface area contributed by atoms with Gasteiger partial charge in [-0.25, -0.2) is 9.97 Å². The number of rotatable bonds is 4. The van der Waals surface area contributed by atoms with Crippen LogP contribution < -0.4 is 21.9 Å². The van der Waals surface area contributed by atoms with E-state index < -0.39 is 11.2 Å². The number of hydrogen-bond donors (Lipinski definition) is 5. The van der Waals surface area contributed by atoms with Crippen molar-refractivity contribution in [2.75, 3.05) is 30.3 Å². The molecular formula is C16H20ClN7O2. The molecule has 1 fully saturated rings. The standard InChI is InChI=1S/C16H20ClN7O2/c17-11-9(1-4-21-15(11)25)12(19)13-14(20)23-10(7-22-13)24-5-2-16(26,8-18)3-6-24/h1,4,7,19,26H,2-3,5-6,8,18H2,(H2,20,23)(H,21,25). The number of hydrogen-bond acceptors (Lipinski definition) is 8. The first kappa shape index (κ1) is 18.3. The molecule has 0 bridgehead atoms. The van der Waals surface area contributed by atoms with Crippen molar-refractivity contribution in [3.63, 3.8) is 0 Å². The van der Waals surface area contributed by atoms with Gasteiger partial charge in [0.25, 0.3) is 5.56 Å². The number of aliphatic hydroxyl groups is 1. The van der Waals surface area contributed by atoms with Crippen molar-refractivity contribution in [2.45, 2.75) is 18.4 Å². The highest BCUT2D eigenvalue weighted by molar-refractivity contribution is 6.35. The lowest BCUT2D eigenvalue weighted by Gasteiger charge is -2.37. The predicted octanol–water partition coefficient (Wildman–Crippen LogP) is 0.107. The normalized spacial score (nSPS) is 16.5. The fourth-order valence-electron chi connectivity index (χ4n) is 2.87. The van der Waals surface area contributed by atoms with Crippen LogP contribution in [0.3, 0.4) is 0 Å². The molecule has 138 valence electrons. The lowest BCUT2D eigenvalue weighted by molar-refractivity contribution is 0.0249. The van der Waals surface area contributed by atoms with E-state index in [-0.39, 0.29) is 34.4 Å². The average Bonchev–Trinajstić information content (AvgIpc) is 2.64.